The molecule has 0 radical (unpaired) electrons. The summed E-state index contributed by atoms with van der Waals surface area (Å²) in [5.41, 5.74) is -0.674. The molecule has 0 aliphatic rings. The molecule has 0 saturated carbocycles. The molecule has 7 heteroatoms. The number of alkyl carbamates (subject to hydrolysis) is 1. The zero-order valence-corrected chi connectivity index (χ0v) is 9.11. The molecule has 0 aliphatic carbocycles. The molecule has 0 aromatic carbocycles. The van der Waals surface area contributed by atoms with Crippen LogP contribution in [0.2, 0.25) is 0 Å². The Bertz CT molecular complexity index is 239. The van der Waals surface area contributed by atoms with Gasteiger partial charge in [-0.05, 0) is 20.8 Å². The van der Waals surface area contributed by atoms with Crippen molar-refractivity contribution in [2.24, 2.45) is 0 Å². The average molecular weight is 259 g/mol. The first-order valence-corrected chi connectivity index (χ1v) is 4.59. The Kier molecular flexibility index (Phi) is 9.85. The molecular formula is C9H18KNO5. The molecule has 6 nitrogen and oxygen atoms in total. The molecule has 0 aliphatic heterocycles. The van der Waals surface area contributed by atoms with Crippen LogP contribution in [0, 0.1) is 0 Å². The predicted molar refractivity (Wildman–Crippen MR) is 59.6 cm³/mol. The Morgan fingerprint density at radius 1 is 1.38 bits per heavy atom. The molecule has 0 rings (SSSR count). The van der Waals surface area contributed by atoms with Gasteiger partial charge in [0.25, 0.3) is 0 Å². The number of hydrogen-bond donors (Lipinski definition) is 3. The van der Waals surface area contributed by atoms with Crippen LogP contribution >= 0.6 is 0 Å². The van der Waals surface area contributed by atoms with Gasteiger partial charge in [0, 0.05) is 13.0 Å². The number of carbonyl (C=O) groups excluding carboxylic acids is 1. The van der Waals surface area contributed by atoms with E-state index >= 15 is 0 Å². The SMILES string of the molecule is CC(C)(C)OC(=O)N[C@@H](CCO)C(=O)O.[KH]. The Morgan fingerprint density at radius 2 is 1.88 bits per heavy atom. The Hall–Kier alpha value is 0.336. The third-order valence-corrected chi connectivity index (χ3v) is 1.41. The van der Waals surface area contributed by atoms with Crippen LogP contribution in [0.1, 0.15) is 27.2 Å². The molecule has 0 heterocycles. The zero-order chi connectivity index (χ0) is 12.1. The fourth-order valence-electron chi connectivity index (χ4n) is 0.836. The first-order valence-electron chi connectivity index (χ1n) is 4.59. The van der Waals surface area contributed by atoms with Gasteiger partial charge in [0.1, 0.15) is 11.6 Å². The quantitative estimate of drug-likeness (QED) is 0.602. The van der Waals surface area contributed by atoms with E-state index in [1.54, 1.807) is 20.8 Å². The minimum atomic E-state index is -1.20. The topological polar surface area (TPSA) is 95.9 Å². The average Bonchev–Trinajstić information content (AvgIpc) is 1.99. The summed E-state index contributed by atoms with van der Waals surface area (Å²) in [5.74, 6) is -1.20. The first-order chi connectivity index (χ1) is 6.76. The molecule has 0 fully saturated rings. The van der Waals surface area contributed by atoms with Crippen LogP contribution in [-0.4, -0.2) is 91.9 Å². The molecule has 0 bridgehead atoms. The first kappa shape index (κ1) is 18.7. The second-order valence-electron chi connectivity index (χ2n) is 4.05. The number of hydrogen-bond acceptors (Lipinski definition) is 4. The van der Waals surface area contributed by atoms with Gasteiger partial charge >= 0.3 is 63.4 Å². The number of nitrogens with one attached hydrogen (secondary N) is 1. The number of aliphatic hydroxyl groups is 1. The van der Waals surface area contributed by atoms with Crippen molar-refractivity contribution < 1.29 is 24.5 Å². The number of aliphatic hydroxyl groups excluding tert-OH is 1. The number of carboxylic acids is 1. The van der Waals surface area contributed by atoms with Crippen molar-refractivity contribution in [3.63, 3.8) is 0 Å². The number of ether oxygens (including phenoxy) is 1. The molecule has 3 N–H and O–H groups in total. The van der Waals surface area contributed by atoms with E-state index in [9.17, 15) is 9.59 Å². The molecule has 0 spiro atoms. The van der Waals surface area contributed by atoms with Gasteiger partial charge in [0.2, 0.25) is 0 Å². The van der Waals surface area contributed by atoms with Gasteiger partial charge in [0.05, 0.1) is 0 Å². The normalized spacial score (nSPS) is 12.2. The van der Waals surface area contributed by atoms with Gasteiger partial charge in [-0.3, -0.25) is 0 Å². The molecule has 0 aromatic heterocycles. The van der Waals surface area contributed by atoms with E-state index in [1.807, 2.05) is 0 Å². The van der Waals surface area contributed by atoms with Crippen molar-refractivity contribution in [3.8, 4) is 0 Å². The summed E-state index contributed by atoms with van der Waals surface area (Å²) in [6.45, 7) is 4.71. The maximum absolute atomic E-state index is 11.2. The summed E-state index contributed by atoms with van der Waals surface area (Å²) >= 11 is 0. The van der Waals surface area contributed by atoms with Gasteiger partial charge in [-0.1, -0.05) is 0 Å². The Labute approximate surface area is 137 Å². The maximum atomic E-state index is 11.2. The molecule has 0 saturated heterocycles. The summed E-state index contributed by atoms with van der Waals surface area (Å²) in [6.07, 6.45) is -0.850. The van der Waals surface area contributed by atoms with E-state index < -0.39 is 23.7 Å². The summed E-state index contributed by atoms with van der Waals surface area (Å²) in [6, 6.07) is -1.12. The van der Waals surface area contributed by atoms with E-state index in [2.05, 4.69) is 5.32 Å². The van der Waals surface area contributed by atoms with Crippen LogP contribution in [0.3, 0.4) is 0 Å². The van der Waals surface area contributed by atoms with E-state index in [0.29, 0.717) is 0 Å². The third-order valence-electron chi connectivity index (χ3n) is 1.41. The van der Waals surface area contributed by atoms with E-state index in [-0.39, 0.29) is 64.4 Å². The predicted octanol–water partition coefficient (Wildman–Crippen LogP) is -0.302. The fourth-order valence-corrected chi connectivity index (χ4v) is 0.836. The summed E-state index contributed by atoms with van der Waals surface area (Å²) in [4.78, 5) is 21.8. The van der Waals surface area contributed by atoms with Crippen LogP contribution in [0.15, 0.2) is 0 Å². The summed E-state index contributed by atoms with van der Waals surface area (Å²) in [5, 5.41) is 19.4. The summed E-state index contributed by atoms with van der Waals surface area (Å²) < 4.78 is 4.87. The minimum absolute atomic E-state index is 0. The molecular weight excluding hydrogens is 241 g/mol. The third kappa shape index (κ3) is 9.55. The monoisotopic (exact) mass is 259 g/mol. The van der Waals surface area contributed by atoms with Crippen molar-refractivity contribution in [2.45, 2.75) is 38.8 Å². The van der Waals surface area contributed by atoms with Crippen molar-refractivity contribution >= 4 is 63.4 Å². The van der Waals surface area contributed by atoms with E-state index in [4.69, 9.17) is 14.9 Å². The fraction of sp³-hybridized carbons (Fsp3) is 0.778. The number of carbonyl (C=O) groups is 2. The van der Waals surface area contributed by atoms with Gasteiger partial charge in [-0.2, -0.15) is 0 Å². The van der Waals surface area contributed by atoms with E-state index in [0.717, 1.165) is 0 Å². The Morgan fingerprint density at radius 3 is 2.19 bits per heavy atom. The number of carboxylic acid groups (broad SMARTS) is 1. The number of rotatable bonds is 4. The molecule has 90 valence electrons. The van der Waals surface area contributed by atoms with Gasteiger partial charge in [-0.15, -0.1) is 0 Å². The standard InChI is InChI=1S/C9H17NO5.K.H/c1-9(2,3)15-8(14)10-6(4-5-11)7(12)13;;/h6,11H,4-5H2,1-3H3,(H,10,14)(H,12,13);;/t6-;;/m0../s1. The van der Waals surface area contributed by atoms with Crippen LogP contribution in [-0.2, 0) is 9.53 Å². The Balaban J connectivity index is 0. The second kappa shape index (κ2) is 8.43. The molecule has 1 atom stereocenters. The van der Waals surface area contributed by atoms with Crippen LogP contribution in [0.5, 0.6) is 0 Å². The zero-order valence-electron chi connectivity index (χ0n) is 9.11. The number of aliphatic carboxylic acids is 1. The van der Waals surface area contributed by atoms with Crippen molar-refractivity contribution in [1.29, 1.82) is 0 Å². The van der Waals surface area contributed by atoms with Gasteiger partial charge in [-0.25, -0.2) is 9.59 Å². The second-order valence-corrected chi connectivity index (χ2v) is 4.05. The van der Waals surface area contributed by atoms with Crippen molar-refractivity contribution in [2.75, 3.05) is 6.61 Å². The van der Waals surface area contributed by atoms with Gasteiger partial charge in [0.15, 0.2) is 0 Å². The van der Waals surface area contributed by atoms with Crippen LogP contribution in [0.4, 0.5) is 4.79 Å². The van der Waals surface area contributed by atoms with Crippen molar-refractivity contribution in [1.82, 2.24) is 5.32 Å². The van der Waals surface area contributed by atoms with Crippen molar-refractivity contribution in [3.05, 3.63) is 0 Å². The van der Waals surface area contributed by atoms with E-state index in [1.165, 1.54) is 0 Å². The molecule has 0 unspecified atom stereocenters. The summed E-state index contributed by atoms with van der Waals surface area (Å²) in [7, 11) is 0. The molecule has 0 aromatic rings. The molecule has 16 heavy (non-hydrogen) atoms. The van der Waals surface area contributed by atoms with Crippen LogP contribution in [0.25, 0.3) is 0 Å². The number of amides is 1. The van der Waals surface area contributed by atoms with Gasteiger partial charge < -0.3 is 20.3 Å². The van der Waals surface area contributed by atoms with Crippen LogP contribution < -0.4 is 5.32 Å². The molecule has 1 amide bonds.